The molecule has 0 unspecified atom stereocenters. The summed E-state index contributed by atoms with van der Waals surface area (Å²) in [4.78, 5) is 2.09. The predicted molar refractivity (Wildman–Crippen MR) is 71.9 cm³/mol. The number of benzene rings is 1. The lowest BCUT2D eigenvalue weighted by atomic mass is 10.1. The van der Waals surface area contributed by atoms with E-state index in [0.29, 0.717) is 0 Å². The molecule has 0 aliphatic heterocycles. The van der Waals surface area contributed by atoms with Gasteiger partial charge in [0.25, 0.3) is 0 Å². The Labute approximate surface area is 108 Å². The van der Waals surface area contributed by atoms with E-state index in [-0.39, 0.29) is 12.1 Å². The summed E-state index contributed by atoms with van der Waals surface area (Å²) < 4.78 is -0.969. The SMILES string of the molecule is CC(C)N(C(C)C)C(Cl)(Cl)c1ccccc1. The molecule has 0 aliphatic rings. The standard InChI is InChI=1S/C13H19Cl2N/c1-10(2)16(11(3)4)13(14,15)12-8-6-5-7-9-12/h5-11H,1-4H3. The number of rotatable bonds is 4. The number of alkyl halides is 2. The molecular weight excluding hydrogens is 241 g/mol. The minimum atomic E-state index is -0.969. The zero-order valence-corrected chi connectivity index (χ0v) is 11.8. The summed E-state index contributed by atoms with van der Waals surface area (Å²) in [7, 11) is 0. The van der Waals surface area contributed by atoms with Crippen molar-refractivity contribution in [2.75, 3.05) is 0 Å². The maximum atomic E-state index is 6.51. The Hall–Kier alpha value is -0.240. The number of nitrogens with zero attached hydrogens (tertiary/aromatic N) is 1. The lowest BCUT2D eigenvalue weighted by Crippen LogP contribution is -2.46. The van der Waals surface area contributed by atoms with Gasteiger partial charge in [-0.1, -0.05) is 53.5 Å². The van der Waals surface area contributed by atoms with Crippen molar-refractivity contribution in [1.29, 1.82) is 0 Å². The maximum absolute atomic E-state index is 6.51. The van der Waals surface area contributed by atoms with Gasteiger partial charge in [0.2, 0.25) is 0 Å². The first-order valence-electron chi connectivity index (χ1n) is 5.59. The largest absolute Gasteiger partial charge is 0.264 e. The maximum Gasteiger partial charge on any atom is 0.197 e. The van der Waals surface area contributed by atoms with E-state index in [9.17, 15) is 0 Å². The van der Waals surface area contributed by atoms with E-state index in [0.717, 1.165) is 5.56 Å². The third kappa shape index (κ3) is 2.91. The van der Waals surface area contributed by atoms with Crippen molar-refractivity contribution in [3.63, 3.8) is 0 Å². The summed E-state index contributed by atoms with van der Waals surface area (Å²) in [5, 5.41) is 0. The molecule has 0 saturated carbocycles. The van der Waals surface area contributed by atoms with Crippen molar-refractivity contribution in [3.05, 3.63) is 35.9 Å². The second kappa shape index (κ2) is 5.39. The van der Waals surface area contributed by atoms with Crippen molar-refractivity contribution >= 4 is 23.2 Å². The van der Waals surface area contributed by atoms with Gasteiger partial charge in [0.05, 0.1) is 0 Å². The number of hydrogen-bond acceptors (Lipinski definition) is 1. The van der Waals surface area contributed by atoms with Crippen LogP contribution in [0.5, 0.6) is 0 Å². The van der Waals surface area contributed by atoms with Gasteiger partial charge < -0.3 is 0 Å². The fraction of sp³-hybridized carbons (Fsp3) is 0.538. The molecule has 0 saturated heterocycles. The number of halogens is 2. The first kappa shape index (κ1) is 13.8. The fourth-order valence-electron chi connectivity index (χ4n) is 2.03. The van der Waals surface area contributed by atoms with Crippen LogP contribution in [-0.2, 0) is 4.46 Å². The van der Waals surface area contributed by atoms with E-state index in [1.165, 1.54) is 0 Å². The van der Waals surface area contributed by atoms with Crippen LogP contribution >= 0.6 is 23.2 Å². The van der Waals surface area contributed by atoms with Crippen molar-refractivity contribution < 1.29 is 0 Å². The van der Waals surface area contributed by atoms with Crippen LogP contribution in [0.4, 0.5) is 0 Å². The average Bonchev–Trinajstić information content (AvgIpc) is 2.17. The van der Waals surface area contributed by atoms with Gasteiger partial charge in [0.1, 0.15) is 0 Å². The Bertz CT molecular complexity index is 312. The Morgan fingerprint density at radius 3 is 1.75 bits per heavy atom. The normalized spacial score (nSPS) is 12.8. The van der Waals surface area contributed by atoms with Gasteiger partial charge in [0, 0.05) is 17.6 Å². The van der Waals surface area contributed by atoms with E-state index in [1.54, 1.807) is 0 Å². The fourth-order valence-corrected chi connectivity index (χ4v) is 3.07. The lowest BCUT2D eigenvalue weighted by Gasteiger charge is -2.40. The molecule has 0 radical (unpaired) electrons. The average molecular weight is 260 g/mol. The first-order chi connectivity index (χ1) is 7.37. The topological polar surface area (TPSA) is 3.24 Å². The van der Waals surface area contributed by atoms with E-state index in [4.69, 9.17) is 23.2 Å². The molecular formula is C13H19Cl2N. The quantitative estimate of drug-likeness (QED) is 0.573. The second-order valence-corrected chi connectivity index (χ2v) is 5.79. The van der Waals surface area contributed by atoms with Gasteiger partial charge in [-0.25, -0.2) is 0 Å². The monoisotopic (exact) mass is 259 g/mol. The van der Waals surface area contributed by atoms with E-state index < -0.39 is 4.46 Å². The van der Waals surface area contributed by atoms with Crippen LogP contribution in [0.1, 0.15) is 33.3 Å². The molecule has 0 aromatic heterocycles. The van der Waals surface area contributed by atoms with Gasteiger partial charge in [-0.2, -0.15) is 0 Å². The molecule has 0 aliphatic carbocycles. The molecule has 0 fully saturated rings. The van der Waals surface area contributed by atoms with Crippen LogP contribution in [0.25, 0.3) is 0 Å². The van der Waals surface area contributed by atoms with Crippen molar-refractivity contribution in [1.82, 2.24) is 4.90 Å². The second-order valence-electron chi connectivity index (χ2n) is 4.50. The highest BCUT2D eigenvalue weighted by Crippen LogP contribution is 2.40. The van der Waals surface area contributed by atoms with Crippen molar-refractivity contribution in [2.24, 2.45) is 0 Å². The molecule has 3 heteroatoms. The molecule has 0 heterocycles. The Morgan fingerprint density at radius 2 is 1.38 bits per heavy atom. The molecule has 0 N–H and O–H groups in total. The van der Waals surface area contributed by atoms with Gasteiger partial charge in [-0.05, 0) is 27.7 Å². The highest BCUT2D eigenvalue weighted by atomic mass is 35.5. The zero-order valence-electron chi connectivity index (χ0n) is 10.2. The Kier molecular flexibility index (Phi) is 4.66. The molecule has 1 rings (SSSR count). The highest BCUT2D eigenvalue weighted by Gasteiger charge is 2.37. The van der Waals surface area contributed by atoms with Crippen molar-refractivity contribution in [2.45, 2.75) is 44.2 Å². The van der Waals surface area contributed by atoms with Crippen molar-refractivity contribution in [3.8, 4) is 0 Å². The van der Waals surface area contributed by atoms with E-state index in [1.807, 2.05) is 30.3 Å². The van der Waals surface area contributed by atoms with Gasteiger partial charge in [0.15, 0.2) is 4.46 Å². The summed E-state index contributed by atoms with van der Waals surface area (Å²) in [5.74, 6) is 0. The summed E-state index contributed by atoms with van der Waals surface area (Å²) in [6.07, 6.45) is 0. The van der Waals surface area contributed by atoms with Crippen LogP contribution in [0, 0.1) is 0 Å². The minimum absolute atomic E-state index is 0.287. The van der Waals surface area contributed by atoms with Gasteiger partial charge in [-0.15, -0.1) is 0 Å². The summed E-state index contributed by atoms with van der Waals surface area (Å²) >= 11 is 13.0. The summed E-state index contributed by atoms with van der Waals surface area (Å²) in [6.45, 7) is 8.40. The number of hydrogen-bond donors (Lipinski definition) is 0. The smallest absolute Gasteiger partial charge is 0.197 e. The molecule has 0 bridgehead atoms. The van der Waals surface area contributed by atoms with Crippen LogP contribution in [-0.4, -0.2) is 17.0 Å². The first-order valence-corrected chi connectivity index (χ1v) is 6.34. The van der Waals surface area contributed by atoms with Gasteiger partial charge >= 0.3 is 0 Å². The molecule has 1 nitrogen and oxygen atoms in total. The molecule has 0 amide bonds. The third-order valence-electron chi connectivity index (χ3n) is 2.56. The van der Waals surface area contributed by atoms with Crippen LogP contribution in [0.15, 0.2) is 30.3 Å². The molecule has 1 aromatic carbocycles. The Balaban J connectivity index is 3.08. The van der Waals surface area contributed by atoms with Gasteiger partial charge in [-0.3, -0.25) is 4.90 Å². The minimum Gasteiger partial charge on any atom is -0.264 e. The van der Waals surface area contributed by atoms with E-state index in [2.05, 4.69) is 32.6 Å². The molecule has 0 atom stereocenters. The molecule has 16 heavy (non-hydrogen) atoms. The zero-order chi connectivity index (χ0) is 12.3. The predicted octanol–water partition coefficient (Wildman–Crippen LogP) is 4.39. The highest BCUT2D eigenvalue weighted by molar-refractivity contribution is 6.47. The summed E-state index contributed by atoms with van der Waals surface area (Å²) in [5.41, 5.74) is 0.917. The lowest BCUT2D eigenvalue weighted by molar-refractivity contribution is 0.132. The molecule has 1 aromatic rings. The Morgan fingerprint density at radius 1 is 0.938 bits per heavy atom. The third-order valence-corrected chi connectivity index (χ3v) is 3.38. The molecule has 90 valence electrons. The van der Waals surface area contributed by atoms with Crippen LogP contribution in [0.2, 0.25) is 0 Å². The molecule has 0 spiro atoms. The van der Waals surface area contributed by atoms with E-state index >= 15 is 0 Å². The van der Waals surface area contributed by atoms with Crippen LogP contribution in [0.3, 0.4) is 0 Å². The summed E-state index contributed by atoms with van der Waals surface area (Å²) in [6, 6.07) is 10.4. The van der Waals surface area contributed by atoms with Crippen LogP contribution < -0.4 is 0 Å².